The van der Waals surface area contributed by atoms with Gasteiger partial charge in [-0.3, -0.25) is 9.88 Å². The van der Waals surface area contributed by atoms with E-state index < -0.39 is 5.60 Å². The summed E-state index contributed by atoms with van der Waals surface area (Å²) in [6.07, 6.45) is 3.21. The Morgan fingerprint density at radius 3 is 2.77 bits per heavy atom. The van der Waals surface area contributed by atoms with Crippen molar-refractivity contribution >= 4 is 17.0 Å². The molecule has 2 atom stereocenters. The van der Waals surface area contributed by atoms with Crippen molar-refractivity contribution in [2.75, 3.05) is 26.8 Å². The smallest absolute Gasteiger partial charge is 0.410 e. The summed E-state index contributed by atoms with van der Waals surface area (Å²) in [4.78, 5) is 21.4. The number of carbonyl (C=O) groups excluding carboxylic acids is 1. The second-order valence-electron chi connectivity index (χ2n) is 9.39. The van der Waals surface area contributed by atoms with Crippen molar-refractivity contribution in [1.29, 1.82) is 0 Å². The summed E-state index contributed by atoms with van der Waals surface area (Å²) in [6, 6.07) is 6.55. The highest BCUT2D eigenvalue weighted by Gasteiger charge is 2.39. The number of rotatable bonds is 2. The van der Waals surface area contributed by atoms with E-state index in [0.29, 0.717) is 26.2 Å². The molecule has 0 aliphatic carbocycles. The number of amides is 1. The van der Waals surface area contributed by atoms with Gasteiger partial charge < -0.3 is 19.1 Å². The average Bonchev–Trinajstić information content (AvgIpc) is 2.71. The van der Waals surface area contributed by atoms with Gasteiger partial charge in [-0.15, -0.1) is 0 Å². The summed E-state index contributed by atoms with van der Waals surface area (Å²) in [5, 5.41) is 1.10. The zero-order valence-electron chi connectivity index (χ0n) is 19.2. The molecule has 0 radical (unpaired) electrons. The van der Waals surface area contributed by atoms with E-state index in [4.69, 9.17) is 14.2 Å². The number of hydrogen-bond donors (Lipinski definition) is 0. The van der Waals surface area contributed by atoms with E-state index in [2.05, 4.69) is 35.0 Å². The van der Waals surface area contributed by atoms with Gasteiger partial charge in [0.2, 0.25) is 0 Å². The highest BCUT2D eigenvalue weighted by molar-refractivity contribution is 5.82. The second-order valence-corrected chi connectivity index (χ2v) is 9.39. The number of carbonyl (C=O) groups is 1. The molecule has 7 heteroatoms. The lowest BCUT2D eigenvalue weighted by molar-refractivity contribution is -0.117. The first-order valence-electron chi connectivity index (χ1n) is 11.1. The van der Waals surface area contributed by atoms with Crippen LogP contribution in [0.3, 0.4) is 0 Å². The second kappa shape index (κ2) is 8.63. The number of methoxy groups -OCH3 is 1. The highest BCUT2D eigenvalue weighted by atomic mass is 16.6. The van der Waals surface area contributed by atoms with Crippen molar-refractivity contribution in [2.45, 2.75) is 65.0 Å². The fourth-order valence-electron chi connectivity index (χ4n) is 4.33. The number of aromatic nitrogens is 1. The molecule has 1 saturated heterocycles. The fourth-order valence-corrected chi connectivity index (χ4v) is 4.33. The fraction of sp³-hybridized carbons (Fsp3) is 0.583. The van der Waals surface area contributed by atoms with Crippen LogP contribution in [0.5, 0.6) is 5.75 Å². The molecule has 1 fully saturated rings. The lowest BCUT2D eigenvalue weighted by atomic mass is 10.0. The predicted octanol–water partition coefficient (Wildman–Crippen LogP) is 3.97. The van der Waals surface area contributed by atoms with Crippen molar-refractivity contribution in [3.8, 4) is 5.75 Å². The van der Waals surface area contributed by atoms with Gasteiger partial charge in [0.1, 0.15) is 17.6 Å². The Morgan fingerprint density at radius 2 is 2.06 bits per heavy atom. The van der Waals surface area contributed by atoms with Crippen LogP contribution in [0.2, 0.25) is 0 Å². The molecule has 3 heterocycles. The topological polar surface area (TPSA) is 64.1 Å². The highest BCUT2D eigenvalue weighted by Crippen LogP contribution is 2.32. The minimum Gasteiger partial charge on any atom is -0.493 e. The summed E-state index contributed by atoms with van der Waals surface area (Å²) in [5.74, 6) is 0.908. The largest absolute Gasteiger partial charge is 0.493 e. The number of benzene rings is 1. The molecule has 0 bridgehead atoms. The van der Waals surface area contributed by atoms with Crippen LogP contribution in [0.4, 0.5) is 4.79 Å². The van der Waals surface area contributed by atoms with Gasteiger partial charge in [0.15, 0.2) is 0 Å². The molecule has 2 aliphatic heterocycles. The van der Waals surface area contributed by atoms with Gasteiger partial charge in [0, 0.05) is 43.4 Å². The van der Waals surface area contributed by atoms with Gasteiger partial charge in [-0.05, 0) is 57.4 Å². The van der Waals surface area contributed by atoms with Crippen molar-refractivity contribution < 1.29 is 19.0 Å². The zero-order valence-corrected chi connectivity index (χ0v) is 19.2. The Bertz CT molecular complexity index is 956. The monoisotopic (exact) mass is 427 g/mol. The maximum atomic E-state index is 12.7. The standard InChI is InChI=1S/C24H33N3O4/c1-6-16-9-17-11-21-18(10-20(17)25-12-16)13-27-19(7-8-30-21)14-26(15-22(27)29-5)23(28)31-24(2,3)4/h9-12,19,22H,6-8,13-15H2,1-5H3/t19?,22-/m1/s1. The van der Waals surface area contributed by atoms with Gasteiger partial charge in [-0.1, -0.05) is 6.92 Å². The van der Waals surface area contributed by atoms with Gasteiger partial charge in [0.25, 0.3) is 0 Å². The SMILES string of the molecule is CCc1cnc2cc3c(cc2c1)OCCC1CN(C(=O)OC(C)(C)C)C[C@@H](OC)N1C3. The molecule has 2 aliphatic rings. The molecule has 1 aromatic heterocycles. The number of fused-ring (bicyclic) bond motifs is 3. The first-order chi connectivity index (χ1) is 14.8. The van der Waals surface area contributed by atoms with Crippen LogP contribution in [-0.4, -0.2) is 65.6 Å². The van der Waals surface area contributed by atoms with Crippen LogP contribution in [0.25, 0.3) is 10.9 Å². The molecule has 7 nitrogen and oxygen atoms in total. The summed E-state index contributed by atoms with van der Waals surface area (Å²) < 4.78 is 17.6. The van der Waals surface area contributed by atoms with E-state index in [0.717, 1.165) is 35.1 Å². The molecular weight excluding hydrogens is 394 g/mol. The molecule has 0 spiro atoms. The van der Waals surface area contributed by atoms with Crippen LogP contribution in [0, 0.1) is 0 Å². The van der Waals surface area contributed by atoms with E-state index in [1.54, 1.807) is 12.0 Å². The summed E-state index contributed by atoms with van der Waals surface area (Å²) >= 11 is 0. The number of hydrogen-bond acceptors (Lipinski definition) is 6. The van der Waals surface area contributed by atoms with E-state index in [1.807, 2.05) is 27.0 Å². The minimum absolute atomic E-state index is 0.130. The predicted molar refractivity (Wildman–Crippen MR) is 119 cm³/mol. The van der Waals surface area contributed by atoms with E-state index in [-0.39, 0.29) is 18.4 Å². The Hall–Kier alpha value is -2.38. The Kier molecular flexibility index (Phi) is 6.08. The van der Waals surface area contributed by atoms with Gasteiger partial charge in [-0.25, -0.2) is 4.79 Å². The summed E-state index contributed by atoms with van der Waals surface area (Å²) in [6.45, 7) is 10.1. The lowest BCUT2D eigenvalue weighted by Gasteiger charge is -2.46. The molecule has 168 valence electrons. The van der Waals surface area contributed by atoms with Crippen LogP contribution in [-0.2, 0) is 22.4 Å². The first-order valence-corrected chi connectivity index (χ1v) is 11.1. The zero-order chi connectivity index (χ0) is 22.2. The third kappa shape index (κ3) is 4.77. The molecule has 2 aromatic rings. The van der Waals surface area contributed by atoms with Crippen LogP contribution in [0.1, 0.15) is 45.2 Å². The number of aryl methyl sites for hydroxylation is 1. The number of pyridine rings is 1. The molecule has 4 rings (SSSR count). The molecule has 1 aromatic carbocycles. The van der Waals surface area contributed by atoms with Gasteiger partial charge in [-0.2, -0.15) is 0 Å². The number of ether oxygens (including phenoxy) is 3. The van der Waals surface area contributed by atoms with Crippen LogP contribution >= 0.6 is 0 Å². The molecule has 0 N–H and O–H groups in total. The van der Waals surface area contributed by atoms with E-state index in [9.17, 15) is 4.79 Å². The van der Waals surface area contributed by atoms with E-state index in [1.165, 1.54) is 5.56 Å². The lowest BCUT2D eigenvalue weighted by Crippen LogP contribution is -2.61. The van der Waals surface area contributed by atoms with Crippen molar-refractivity contribution in [3.63, 3.8) is 0 Å². The minimum atomic E-state index is -0.522. The molecule has 1 unspecified atom stereocenters. The molecule has 1 amide bonds. The average molecular weight is 428 g/mol. The van der Waals surface area contributed by atoms with Crippen molar-refractivity contribution in [1.82, 2.24) is 14.8 Å². The molecular formula is C24H33N3O4. The van der Waals surface area contributed by atoms with Crippen LogP contribution < -0.4 is 4.74 Å². The third-order valence-corrected chi connectivity index (χ3v) is 5.96. The van der Waals surface area contributed by atoms with Crippen molar-refractivity contribution in [2.24, 2.45) is 0 Å². The Morgan fingerprint density at radius 1 is 1.26 bits per heavy atom. The van der Waals surface area contributed by atoms with Crippen LogP contribution in [0.15, 0.2) is 24.4 Å². The normalized spacial score (nSPS) is 22.2. The molecule has 0 saturated carbocycles. The summed E-state index contributed by atoms with van der Waals surface area (Å²) in [5.41, 5.74) is 2.77. The van der Waals surface area contributed by atoms with Gasteiger partial charge >= 0.3 is 6.09 Å². The van der Waals surface area contributed by atoms with Crippen molar-refractivity contribution in [3.05, 3.63) is 35.5 Å². The molecule has 31 heavy (non-hydrogen) atoms. The van der Waals surface area contributed by atoms with E-state index >= 15 is 0 Å². The quantitative estimate of drug-likeness (QED) is 0.723. The first kappa shape index (κ1) is 21.8. The number of piperazine rings is 1. The maximum Gasteiger partial charge on any atom is 0.410 e. The third-order valence-electron chi connectivity index (χ3n) is 5.96. The van der Waals surface area contributed by atoms with Gasteiger partial charge in [0.05, 0.1) is 18.7 Å². The Labute approximate surface area is 184 Å². The number of nitrogens with zero attached hydrogens (tertiary/aromatic N) is 3. The Balaban J connectivity index is 1.60. The summed E-state index contributed by atoms with van der Waals surface area (Å²) in [7, 11) is 1.70. The maximum absolute atomic E-state index is 12.7.